The third-order valence-corrected chi connectivity index (χ3v) is 2.53. The number of rotatable bonds is 4. The van der Waals surface area contributed by atoms with E-state index < -0.39 is 5.97 Å². The average Bonchev–Trinajstić information content (AvgIpc) is 3.10. The number of aromatic carboxylic acids is 1. The maximum Gasteiger partial charge on any atom is 0.357 e. The zero-order chi connectivity index (χ0) is 13.9. The topological polar surface area (TPSA) is 107 Å². The van der Waals surface area contributed by atoms with Crippen molar-refractivity contribution in [1.82, 2.24) is 25.0 Å². The zero-order valence-corrected chi connectivity index (χ0v) is 10.2. The minimum absolute atomic E-state index is 0.128. The second-order valence-corrected chi connectivity index (χ2v) is 3.95. The van der Waals surface area contributed by atoms with Crippen LogP contribution in [0.4, 0.5) is 0 Å². The van der Waals surface area contributed by atoms with Crippen LogP contribution in [0.25, 0.3) is 5.82 Å². The van der Waals surface area contributed by atoms with Gasteiger partial charge in [0.2, 0.25) is 5.89 Å². The van der Waals surface area contributed by atoms with Gasteiger partial charge in [0, 0.05) is 6.20 Å². The van der Waals surface area contributed by atoms with Gasteiger partial charge in [-0.1, -0.05) is 11.3 Å². The number of pyridine rings is 1. The SMILES string of the molecule is O=C(O)c1coc(Cc2cn(-c3ccccn3)nn2)n1. The summed E-state index contributed by atoms with van der Waals surface area (Å²) in [5, 5.41) is 16.7. The Morgan fingerprint density at radius 1 is 1.40 bits per heavy atom. The molecule has 8 nitrogen and oxygen atoms in total. The first kappa shape index (κ1) is 12.0. The lowest BCUT2D eigenvalue weighted by molar-refractivity contribution is 0.0690. The molecule has 3 rings (SSSR count). The maximum atomic E-state index is 10.7. The smallest absolute Gasteiger partial charge is 0.357 e. The van der Waals surface area contributed by atoms with Crippen LogP contribution in [-0.2, 0) is 6.42 Å². The highest BCUT2D eigenvalue weighted by Gasteiger charge is 2.12. The van der Waals surface area contributed by atoms with Crippen molar-refractivity contribution in [2.45, 2.75) is 6.42 Å². The number of nitrogens with zero attached hydrogens (tertiary/aromatic N) is 5. The van der Waals surface area contributed by atoms with Crippen molar-refractivity contribution in [3.63, 3.8) is 0 Å². The van der Waals surface area contributed by atoms with Crippen molar-refractivity contribution in [3.05, 3.63) is 54.1 Å². The van der Waals surface area contributed by atoms with Gasteiger partial charge in [0.05, 0.1) is 18.3 Å². The molecule has 0 atom stereocenters. The van der Waals surface area contributed by atoms with Crippen molar-refractivity contribution >= 4 is 5.97 Å². The van der Waals surface area contributed by atoms with Crippen molar-refractivity contribution in [2.75, 3.05) is 0 Å². The van der Waals surface area contributed by atoms with Gasteiger partial charge < -0.3 is 9.52 Å². The van der Waals surface area contributed by atoms with E-state index in [1.165, 1.54) is 4.68 Å². The van der Waals surface area contributed by atoms with E-state index in [1.807, 2.05) is 12.1 Å². The molecule has 0 radical (unpaired) electrons. The molecule has 0 amide bonds. The molecule has 0 aliphatic heterocycles. The lowest BCUT2D eigenvalue weighted by Gasteiger charge is -1.95. The Labute approximate surface area is 112 Å². The fourth-order valence-corrected chi connectivity index (χ4v) is 1.63. The Bertz CT molecular complexity index is 734. The van der Waals surface area contributed by atoms with Crippen LogP contribution in [0.3, 0.4) is 0 Å². The van der Waals surface area contributed by atoms with Gasteiger partial charge >= 0.3 is 5.97 Å². The second-order valence-electron chi connectivity index (χ2n) is 3.95. The van der Waals surface area contributed by atoms with Gasteiger partial charge in [0.25, 0.3) is 0 Å². The number of aromatic nitrogens is 5. The van der Waals surface area contributed by atoms with Gasteiger partial charge in [-0.05, 0) is 12.1 Å². The summed E-state index contributed by atoms with van der Waals surface area (Å²) in [4.78, 5) is 18.7. The van der Waals surface area contributed by atoms with Gasteiger partial charge in [0.1, 0.15) is 6.26 Å². The lowest BCUT2D eigenvalue weighted by Crippen LogP contribution is -1.97. The third kappa shape index (κ3) is 2.39. The first-order valence-electron chi connectivity index (χ1n) is 5.73. The Morgan fingerprint density at radius 2 is 2.30 bits per heavy atom. The highest BCUT2D eigenvalue weighted by atomic mass is 16.4. The van der Waals surface area contributed by atoms with Crippen LogP contribution in [0.5, 0.6) is 0 Å². The summed E-state index contributed by atoms with van der Waals surface area (Å²) in [5.74, 6) is -0.211. The van der Waals surface area contributed by atoms with E-state index in [4.69, 9.17) is 9.52 Å². The van der Waals surface area contributed by atoms with Gasteiger partial charge in [-0.15, -0.1) is 5.10 Å². The molecular formula is C12H9N5O3. The molecule has 0 spiro atoms. The van der Waals surface area contributed by atoms with Gasteiger partial charge in [-0.3, -0.25) is 0 Å². The van der Waals surface area contributed by atoms with Crippen molar-refractivity contribution in [1.29, 1.82) is 0 Å². The zero-order valence-electron chi connectivity index (χ0n) is 10.2. The van der Waals surface area contributed by atoms with Crippen LogP contribution < -0.4 is 0 Å². The highest BCUT2D eigenvalue weighted by molar-refractivity contribution is 5.84. The van der Waals surface area contributed by atoms with Gasteiger partial charge in [-0.25, -0.2) is 19.4 Å². The van der Waals surface area contributed by atoms with E-state index >= 15 is 0 Å². The Kier molecular flexibility index (Phi) is 2.96. The van der Waals surface area contributed by atoms with E-state index in [9.17, 15) is 4.79 Å². The Morgan fingerprint density at radius 3 is 3.00 bits per heavy atom. The second kappa shape index (κ2) is 4.92. The van der Waals surface area contributed by atoms with Gasteiger partial charge in [-0.2, -0.15) is 0 Å². The van der Waals surface area contributed by atoms with E-state index in [2.05, 4.69) is 20.3 Å². The summed E-state index contributed by atoms with van der Waals surface area (Å²) in [6, 6.07) is 5.45. The highest BCUT2D eigenvalue weighted by Crippen LogP contribution is 2.09. The van der Waals surface area contributed by atoms with Crippen LogP contribution in [0.1, 0.15) is 22.1 Å². The molecule has 100 valence electrons. The van der Waals surface area contributed by atoms with Gasteiger partial charge in [0.15, 0.2) is 11.5 Å². The molecule has 0 aromatic carbocycles. The molecule has 0 aliphatic carbocycles. The molecule has 3 heterocycles. The monoisotopic (exact) mass is 271 g/mol. The van der Waals surface area contributed by atoms with Crippen molar-refractivity contribution in [3.8, 4) is 5.82 Å². The average molecular weight is 271 g/mol. The number of carbonyl (C=O) groups is 1. The molecule has 0 saturated carbocycles. The molecule has 8 heteroatoms. The van der Waals surface area contributed by atoms with E-state index in [0.29, 0.717) is 11.5 Å². The van der Waals surface area contributed by atoms with Crippen LogP contribution in [0.2, 0.25) is 0 Å². The summed E-state index contributed by atoms with van der Waals surface area (Å²) in [7, 11) is 0. The largest absolute Gasteiger partial charge is 0.476 e. The molecule has 3 aromatic rings. The molecule has 20 heavy (non-hydrogen) atoms. The summed E-state index contributed by atoms with van der Waals surface area (Å²) in [5.41, 5.74) is 0.478. The van der Waals surface area contributed by atoms with Crippen LogP contribution in [0.15, 0.2) is 41.3 Å². The normalized spacial score (nSPS) is 10.6. The summed E-state index contributed by atoms with van der Waals surface area (Å²) in [6.07, 6.45) is 4.71. The summed E-state index contributed by atoms with van der Waals surface area (Å²) >= 11 is 0. The van der Waals surface area contributed by atoms with E-state index in [0.717, 1.165) is 6.26 Å². The first-order valence-corrected chi connectivity index (χ1v) is 5.73. The molecule has 0 aliphatic rings. The number of carboxylic acid groups (broad SMARTS) is 1. The van der Waals surface area contributed by atoms with Crippen LogP contribution in [0, 0.1) is 0 Å². The summed E-state index contributed by atoms with van der Waals surface area (Å²) < 4.78 is 6.58. The van der Waals surface area contributed by atoms with Crippen LogP contribution in [-0.4, -0.2) is 36.0 Å². The molecule has 0 fully saturated rings. The quantitative estimate of drug-likeness (QED) is 0.752. The number of oxazole rings is 1. The summed E-state index contributed by atoms with van der Waals surface area (Å²) in [6.45, 7) is 0. The fraction of sp³-hybridized carbons (Fsp3) is 0.0833. The molecule has 1 N–H and O–H groups in total. The number of hydrogen-bond donors (Lipinski definition) is 1. The van der Waals surface area contributed by atoms with E-state index in [-0.39, 0.29) is 18.0 Å². The fourth-order valence-electron chi connectivity index (χ4n) is 1.63. The lowest BCUT2D eigenvalue weighted by atomic mass is 10.3. The van der Waals surface area contributed by atoms with Crippen molar-refractivity contribution < 1.29 is 14.3 Å². The Balaban J connectivity index is 1.78. The predicted molar refractivity (Wildman–Crippen MR) is 65.4 cm³/mol. The minimum atomic E-state index is -1.13. The molecule has 3 aromatic heterocycles. The standard InChI is InChI=1S/C12H9N5O3/c18-12(19)9-7-20-11(14-9)5-8-6-17(16-15-8)10-3-1-2-4-13-10/h1-4,6-7H,5H2,(H,18,19). The van der Waals surface area contributed by atoms with Crippen molar-refractivity contribution in [2.24, 2.45) is 0 Å². The predicted octanol–water partition coefficient (Wildman–Crippen LogP) is 0.939. The number of hydrogen-bond acceptors (Lipinski definition) is 6. The number of carboxylic acids is 1. The third-order valence-electron chi connectivity index (χ3n) is 2.53. The van der Waals surface area contributed by atoms with Crippen LogP contribution >= 0.6 is 0 Å². The first-order chi connectivity index (χ1) is 9.72. The molecule has 0 saturated heterocycles. The molecule has 0 bridgehead atoms. The molecular weight excluding hydrogens is 262 g/mol. The minimum Gasteiger partial charge on any atom is -0.476 e. The Hall–Kier alpha value is -3.03. The van der Waals surface area contributed by atoms with E-state index in [1.54, 1.807) is 18.5 Å². The molecule has 0 unspecified atom stereocenters. The maximum absolute atomic E-state index is 10.7.